The fourth-order valence-corrected chi connectivity index (χ4v) is 3.95. The van der Waals surface area contributed by atoms with Crippen molar-refractivity contribution in [1.29, 1.82) is 0 Å². The van der Waals surface area contributed by atoms with E-state index in [1.807, 2.05) is 33.0 Å². The molecule has 0 saturated carbocycles. The zero-order valence-electron chi connectivity index (χ0n) is 16.9. The van der Waals surface area contributed by atoms with Gasteiger partial charge in [0, 0.05) is 30.4 Å². The van der Waals surface area contributed by atoms with Crippen LogP contribution in [0.4, 0.5) is 5.69 Å². The van der Waals surface area contributed by atoms with Crippen LogP contribution >= 0.6 is 0 Å². The van der Waals surface area contributed by atoms with Crippen LogP contribution in [-0.4, -0.2) is 48.3 Å². The quantitative estimate of drug-likeness (QED) is 0.798. The first-order valence-corrected chi connectivity index (χ1v) is 10.0. The molecule has 3 rings (SSSR count). The normalized spacial score (nSPS) is 15.4. The van der Waals surface area contributed by atoms with Gasteiger partial charge in [-0.3, -0.25) is 14.5 Å². The highest BCUT2D eigenvalue weighted by Gasteiger charge is 2.26. The first kappa shape index (κ1) is 20.1. The van der Waals surface area contributed by atoms with E-state index < -0.39 is 0 Å². The highest BCUT2D eigenvalue weighted by Crippen LogP contribution is 2.34. The summed E-state index contributed by atoms with van der Waals surface area (Å²) in [5, 5.41) is 2.94. The van der Waals surface area contributed by atoms with Gasteiger partial charge < -0.3 is 10.2 Å². The monoisotopic (exact) mass is 379 g/mol. The van der Waals surface area contributed by atoms with Gasteiger partial charge in [-0.05, 0) is 63.1 Å². The summed E-state index contributed by atoms with van der Waals surface area (Å²) in [6.45, 7) is 5.57. The van der Waals surface area contributed by atoms with Crippen molar-refractivity contribution in [2.75, 3.05) is 32.0 Å². The molecule has 1 N–H and O–H groups in total. The second-order valence-corrected chi connectivity index (χ2v) is 7.27. The highest BCUT2D eigenvalue weighted by atomic mass is 16.2. The molecule has 5 nitrogen and oxygen atoms in total. The minimum absolute atomic E-state index is 0.0132. The lowest BCUT2D eigenvalue weighted by molar-refractivity contribution is -0.117. The SMILES string of the molecule is CCN(CC)C(=O)c1cccc(NC(=O)CN(C)[C@@H]2CCc3ccccc32)c1. The van der Waals surface area contributed by atoms with Crippen molar-refractivity contribution in [3.63, 3.8) is 0 Å². The van der Waals surface area contributed by atoms with Crippen molar-refractivity contribution in [3.05, 3.63) is 65.2 Å². The van der Waals surface area contributed by atoms with Gasteiger partial charge >= 0.3 is 0 Å². The van der Waals surface area contributed by atoms with Gasteiger partial charge in [-0.2, -0.15) is 0 Å². The van der Waals surface area contributed by atoms with Gasteiger partial charge in [0.15, 0.2) is 0 Å². The number of rotatable bonds is 7. The highest BCUT2D eigenvalue weighted by molar-refractivity contribution is 5.97. The summed E-state index contributed by atoms with van der Waals surface area (Å²) < 4.78 is 0. The number of nitrogens with zero attached hydrogens (tertiary/aromatic N) is 2. The lowest BCUT2D eigenvalue weighted by Crippen LogP contribution is -2.33. The van der Waals surface area contributed by atoms with E-state index in [4.69, 9.17) is 0 Å². The average Bonchev–Trinajstić information content (AvgIpc) is 3.13. The second kappa shape index (κ2) is 9.02. The molecule has 0 fully saturated rings. The number of likely N-dealkylation sites (N-methyl/N-ethyl adjacent to an activating group) is 1. The topological polar surface area (TPSA) is 52.7 Å². The van der Waals surface area contributed by atoms with Crippen LogP contribution in [-0.2, 0) is 11.2 Å². The Balaban J connectivity index is 1.62. The first-order chi connectivity index (χ1) is 13.5. The van der Waals surface area contributed by atoms with Crippen LogP contribution in [0.25, 0.3) is 0 Å². The number of hydrogen-bond acceptors (Lipinski definition) is 3. The molecule has 2 aromatic rings. The van der Waals surface area contributed by atoms with E-state index in [0.717, 1.165) is 12.8 Å². The van der Waals surface area contributed by atoms with Crippen LogP contribution < -0.4 is 5.32 Å². The molecule has 0 aromatic heterocycles. The summed E-state index contributed by atoms with van der Waals surface area (Å²) in [4.78, 5) is 29.0. The summed E-state index contributed by atoms with van der Waals surface area (Å²) in [6, 6.07) is 15.9. The van der Waals surface area contributed by atoms with Gasteiger partial charge in [0.25, 0.3) is 5.91 Å². The van der Waals surface area contributed by atoms with E-state index >= 15 is 0 Å². The van der Waals surface area contributed by atoms with Gasteiger partial charge in [0.2, 0.25) is 5.91 Å². The fourth-order valence-electron chi connectivity index (χ4n) is 3.95. The van der Waals surface area contributed by atoms with Crippen molar-refractivity contribution in [1.82, 2.24) is 9.80 Å². The largest absolute Gasteiger partial charge is 0.339 e. The first-order valence-electron chi connectivity index (χ1n) is 10.0. The molecular formula is C23H29N3O2. The molecule has 2 amide bonds. The number of carbonyl (C=O) groups excluding carboxylic acids is 2. The summed E-state index contributed by atoms with van der Waals surface area (Å²) in [5.41, 5.74) is 3.95. The number of benzene rings is 2. The summed E-state index contributed by atoms with van der Waals surface area (Å²) in [7, 11) is 1.99. The van der Waals surface area contributed by atoms with Crippen LogP contribution in [0.1, 0.15) is 47.8 Å². The van der Waals surface area contributed by atoms with Gasteiger partial charge in [-0.25, -0.2) is 0 Å². The van der Waals surface area contributed by atoms with Crippen molar-refractivity contribution in [2.24, 2.45) is 0 Å². The third-order valence-corrected chi connectivity index (χ3v) is 5.47. The molecule has 28 heavy (non-hydrogen) atoms. The molecule has 2 aromatic carbocycles. The number of carbonyl (C=O) groups is 2. The minimum atomic E-state index is -0.0701. The zero-order valence-corrected chi connectivity index (χ0v) is 16.9. The van der Waals surface area contributed by atoms with Crippen molar-refractivity contribution < 1.29 is 9.59 Å². The Morgan fingerprint density at radius 1 is 1.07 bits per heavy atom. The molecule has 1 aliphatic carbocycles. The third-order valence-electron chi connectivity index (χ3n) is 5.47. The van der Waals surface area contributed by atoms with E-state index in [1.54, 1.807) is 17.0 Å². The molecule has 1 aliphatic rings. The maximum atomic E-state index is 12.6. The van der Waals surface area contributed by atoms with E-state index in [1.165, 1.54) is 11.1 Å². The van der Waals surface area contributed by atoms with Crippen molar-refractivity contribution in [2.45, 2.75) is 32.7 Å². The molecule has 148 valence electrons. The van der Waals surface area contributed by atoms with E-state index in [2.05, 4.69) is 34.5 Å². The van der Waals surface area contributed by atoms with Crippen molar-refractivity contribution >= 4 is 17.5 Å². The standard InChI is InChI=1S/C23H29N3O2/c1-4-26(5-2)23(28)18-10-8-11-19(15-18)24-22(27)16-25(3)21-14-13-17-9-6-7-12-20(17)21/h6-12,15,21H,4-5,13-14,16H2,1-3H3,(H,24,27)/t21-/m1/s1. The number of hydrogen-bond donors (Lipinski definition) is 1. The summed E-state index contributed by atoms with van der Waals surface area (Å²) >= 11 is 0. The molecule has 0 aliphatic heterocycles. The number of aryl methyl sites for hydroxylation is 1. The lowest BCUT2D eigenvalue weighted by Gasteiger charge is -2.24. The number of amides is 2. The van der Waals surface area contributed by atoms with Crippen LogP contribution in [0.5, 0.6) is 0 Å². The Morgan fingerprint density at radius 3 is 2.57 bits per heavy atom. The Bertz CT molecular complexity index is 845. The number of fused-ring (bicyclic) bond motifs is 1. The third kappa shape index (κ3) is 4.42. The molecule has 0 unspecified atom stereocenters. The average molecular weight is 380 g/mol. The number of anilines is 1. The van der Waals surface area contributed by atoms with Gasteiger partial charge in [-0.1, -0.05) is 30.3 Å². The Labute approximate surface area is 167 Å². The van der Waals surface area contributed by atoms with E-state index in [-0.39, 0.29) is 17.9 Å². The molecular weight excluding hydrogens is 350 g/mol. The minimum Gasteiger partial charge on any atom is -0.339 e. The Hall–Kier alpha value is -2.66. The summed E-state index contributed by atoms with van der Waals surface area (Å²) in [6.07, 6.45) is 2.10. The molecule has 5 heteroatoms. The van der Waals surface area contributed by atoms with Gasteiger partial charge in [-0.15, -0.1) is 0 Å². The molecule has 0 heterocycles. The Morgan fingerprint density at radius 2 is 1.82 bits per heavy atom. The van der Waals surface area contributed by atoms with Crippen LogP contribution in [0.15, 0.2) is 48.5 Å². The fraction of sp³-hybridized carbons (Fsp3) is 0.391. The second-order valence-electron chi connectivity index (χ2n) is 7.27. The predicted molar refractivity (Wildman–Crippen MR) is 112 cm³/mol. The summed E-state index contributed by atoms with van der Waals surface area (Å²) in [5.74, 6) is -0.0832. The van der Waals surface area contributed by atoms with E-state index in [9.17, 15) is 9.59 Å². The van der Waals surface area contributed by atoms with Crippen LogP contribution in [0, 0.1) is 0 Å². The lowest BCUT2D eigenvalue weighted by atomic mass is 10.1. The molecule has 0 saturated heterocycles. The van der Waals surface area contributed by atoms with E-state index in [0.29, 0.717) is 30.9 Å². The van der Waals surface area contributed by atoms with Gasteiger partial charge in [0.1, 0.15) is 0 Å². The molecule has 1 atom stereocenters. The Kier molecular flexibility index (Phi) is 6.47. The maximum Gasteiger partial charge on any atom is 0.253 e. The maximum absolute atomic E-state index is 12.6. The smallest absolute Gasteiger partial charge is 0.253 e. The zero-order chi connectivity index (χ0) is 20.1. The molecule has 0 bridgehead atoms. The molecule has 0 spiro atoms. The van der Waals surface area contributed by atoms with Crippen LogP contribution in [0.2, 0.25) is 0 Å². The van der Waals surface area contributed by atoms with Crippen LogP contribution in [0.3, 0.4) is 0 Å². The predicted octanol–water partition coefficient (Wildman–Crippen LogP) is 3.73. The van der Waals surface area contributed by atoms with Gasteiger partial charge in [0.05, 0.1) is 6.54 Å². The van der Waals surface area contributed by atoms with Crippen molar-refractivity contribution in [3.8, 4) is 0 Å². The number of nitrogens with one attached hydrogen (secondary N) is 1. The molecule has 0 radical (unpaired) electrons.